The van der Waals surface area contributed by atoms with E-state index in [1.165, 1.54) is 12.1 Å². The third-order valence-corrected chi connectivity index (χ3v) is 6.26. The Kier molecular flexibility index (Phi) is 5.14. The van der Waals surface area contributed by atoms with Crippen molar-refractivity contribution in [3.8, 4) is 0 Å². The first-order chi connectivity index (χ1) is 9.03. The quantitative estimate of drug-likeness (QED) is 0.870. The van der Waals surface area contributed by atoms with E-state index < -0.39 is 10.0 Å². The van der Waals surface area contributed by atoms with Crippen molar-refractivity contribution >= 4 is 33.4 Å². The fourth-order valence-corrected chi connectivity index (χ4v) is 4.60. The molecule has 0 saturated carbocycles. The van der Waals surface area contributed by atoms with Gasteiger partial charge in [-0.25, -0.2) is 13.1 Å². The molecule has 1 aliphatic rings. The van der Waals surface area contributed by atoms with Gasteiger partial charge in [0.25, 0.3) is 0 Å². The normalized spacial score (nSPS) is 19.8. The fraction of sp³-hybridized carbons (Fsp3) is 0.500. The minimum Gasteiger partial charge on any atom is -0.326 e. The van der Waals surface area contributed by atoms with Crippen molar-refractivity contribution in [1.82, 2.24) is 4.72 Å². The Morgan fingerprint density at radius 3 is 2.89 bits per heavy atom. The molecule has 0 radical (unpaired) electrons. The molecule has 1 aromatic rings. The first kappa shape index (κ1) is 15.1. The highest BCUT2D eigenvalue weighted by Crippen LogP contribution is 2.26. The number of thioether (sulfide) groups is 1. The van der Waals surface area contributed by atoms with E-state index in [1.54, 1.807) is 6.07 Å². The highest BCUT2D eigenvalue weighted by atomic mass is 35.5. The smallest absolute Gasteiger partial charge is 0.240 e. The molecule has 2 rings (SSSR count). The SMILES string of the molecule is NCc1cc(S(=O)(=O)NCC2CCCS2)ccc1Cl. The lowest BCUT2D eigenvalue weighted by Gasteiger charge is -2.12. The monoisotopic (exact) mass is 320 g/mol. The van der Waals surface area contributed by atoms with Crippen molar-refractivity contribution in [3.05, 3.63) is 28.8 Å². The van der Waals surface area contributed by atoms with Crippen LogP contribution in [0, 0.1) is 0 Å². The Bertz CT molecular complexity index is 543. The van der Waals surface area contributed by atoms with Crippen LogP contribution in [-0.4, -0.2) is 26.0 Å². The maximum absolute atomic E-state index is 12.2. The molecular formula is C12H17ClN2O2S2. The summed E-state index contributed by atoms with van der Waals surface area (Å²) in [4.78, 5) is 0.223. The number of hydrogen-bond acceptors (Lipinski definition) is 4. The molecule has 7 heteroatoms. The third kappa shape index (κ3) is 3.86. The Hall–Kier alpha value is -0.270. The molecule has 1 aromatic carbocycles. The number of rotatable bonds is 5. The molecule has 0 spiro atoms. The van der Waals surface area contributed by atoms with Crippen molar-refractivity contribution in [1.29, 1.82) is 0 Å². The van der Waals surface area contributed by atoms with Crippen LogP contribution in [0.4, 0.5) is 0 Å². The Labute approximate surface area is 123 Å². The number of hydrogen-bond donors (Lipinski definition) is 2. The van der Waals surface area contributed by atoms with Crippen LogP contribution in [0.5, 0.6) is 0 Å². The first-order valence-corrected chi connectivity index (χ1v) is 9.03. The largest absolute Gasteiger partial charge is 0.326 e. The summed E-state index contributed by atoms with van der Waals surface area (Å²) in [5.74, 6) is 1.12. The number of nitrogens with one attached hydrogen (secondary N) is 1. The van der Waals surface area contributed by atoms with Crippen molar-refractivity contribution in [2.45, 2.75) is 29.5 Å². The third-order valence-electron chi connectivity index (χ3n) is 3.07. The van der Waals surface area contributed by atoms with Crippen LogP contribution in [0.1, 0.15) is 18.4 Å². The lowest BCUT2D eigenvalue weighted by molar-refractivity contribution is 0.579. The van der Waals surface area contributed by atoms with E-state index in [9.17, 15) is 8.42 Å². The minimum atomic E-state index is -3.47. The van der Waals surface area contributed by atoms with E-state index >= 15 is 0 Å². The van der Waals surface area contributed by atoms with Crippen molar-refractivity contribution < 1.29 is 8.42 Å². The maximum atomic E-state index is 12.2. The van der Waals surface area contributed by atoms with Crippen LogP contribution in [0.25, 0.3) is 0 Å². The first-order valence-electron chi connectivity index (χ1n) is 6.12. The maximum Gasteiger partial charge on any atom is 0.240 e. The van der Waals surface area contributed by atoms with Gasteiger partial charge in [0.05, 0.1) is 4.90 Å². The summed E-state index contributed by atoms with van der Waals surface area (Å²) in [5.41, 5.74) is 6.17. The topological polar surface area (TPSA) is 72.2 Å². The number of nitrogens with two attached hydrogens (primary N) is 1. The molecule has 0 amide bonds. The van der Waals surface area contributed by atoms with Gasteiger partial charge in [0.15, 0.2) is 0 Å². The highest BCUT2D eigenvalue weighted by molar-refractivity contribution is 8.00. The molecular weight excluding hydrogens is 304 g/mol. The van der Waals surface area contributed by atoms with Gasteiger partial charge in [-0.2, -0.15) is 11.8 Å². The second-order valence-electron chi connectivity index (χ2n) is 4.44. The zero-order valence-electron chi connectivity index (χ0n) is 10.4. The van der Waals surface area contributed by atoms with Crippen LogP contribution in [0.15, 0.2) is 23.1 Å². The van der Waals surface area contributed by atoms with Crippen molar-refractivity contribution in [3.63, 3.8) is 0 Å². The summed E-state index contributed by atoms with van der Waals surface area (Å²) in [7, 11) is -3.47. The zero-order chi connectivity index (χ0) is 13.9. The molecule has 1 saturated heterocycles. The van der Waals surface area contributed by atoms with Gasteiger partial charge in [-0.1, -0.05) is 11.6 Å². The molecule has 0 bridgehead atoms. The van der Waals surface area contributed by atoms with Gasteiger partial charge >= 0.3 is 0 Å². The molecule has 0 aromatic heterocycles. The molecule has 1 unspecified atom stereocenters. The van der Waals surface area contributed by atoms with Gasteiger partial charge in [-0.3, -0.25) is 0 Å². The molecule has 0 aliphatic carbocycles. The van der Waals surface area contributed by atoms with Crippen LogP contribution >= 0.6 is 23.4 Å². The van der Waals surface area contributed by atoms with Gasteiger partial charge in [-0.05, 0) is 42.4 Å². The molecule has 1 atom stereocenters. The molecule has 4 nitrogen and oxygen atoms in total. The molecule has 3 N–H and O–H groups in total. The Balaban J connectivity index is 2.10. The summed E-state index contributed by atoms with van der Waals surface area (Å²) < 4.78 is 27.0. The van der Waals surface area contributed by atoms with Crippen LogP contribution in [-0.2, 0) is 16.6 Å². The van der Waals surface area contributed by atoms with Crippen molar-refractivity contribution in [2.24, 2.45) is 5.73 Å². The standard InChI is InChI=1S/C12H17ClN2O2S2/c13-12-4-3-11(6-9(12)7-14)19(16,17)15-8-10-2-1-5-18-10/h3-4,6,10,15H,1-2,5,7-8,14H2. The predicted molar refractivity (Wildman–Crippen MR) is 80.0 cm³/mol. The molecule has 19 heavy (non-hydrogen) atoms. The van der Waals surface area contributed by atoms with E-state index in [0.717, 1.165) is 18.6 Å². The lowest BCUT2D eigenvalue weighted by atomic mass is 10.2. The second-order valence-corrected chi connectivity index (χ2v) is 8.03. The van der Waals surface area contributed by atoms with Gasteiger partial charge < -0.3 is 5.73 Å². The average molecular weight is 321 g/mol. The Morgan fingerprint density at radius 1 is 1.47 bits per heavy atom. The second kappa shape index (κ2) is 6.45. The highest BCUT2D eigenvalue weighted by Gasteiger charge is 2.20. The van der Waals surface area contributed by atoms with Gasteiger partial charge in [-0.15, -0.1) is 0 Å². The van der Waals surface area contributed by atoms with E-state index in [4.69, 9.17) is 17.3 Å². The molecule has 1 heterocycles. The fourth-order valence-electron chi connectivity index (χ4n) is 1.97. The van der Waals surface area contributed by atoms with E-state index in [0.29, 0.717) is 22.4 Å². The summed E-state index contributed by atoms with van der Waals surface area (Å²) in [5, 5.41) is 0.879. The molecule has 1 fully saturated rings. The van der Waals surface area contributed by atoms with Gasteiger partial charge in [0, 0.05) is 23.4 Å². The number of halogens is 1. The van der Waals surface area contributed by atoms with E-state index in [1.807, 2.05) is 11.8 Å². The van der Waals surface area contributed by atoms with Crippen LogP contribution < -0.4 is 10.5 Å². The van der Waals surface area contributed by atoms with Crippen LogP contribution in [0.2, 0.25) is 5.02 Å². The average Bonchev–Trinajstić information content (AvgIpc) is 2.90. The van der Waals surface area contributed by atoms with E-state index in [-0.39, 0.29) is 11.4 Å². The minimum absolute atomic E-state index is 0.223. The van der Waals surface area contributed by atoms with Crippen LogP contribution in [0.3, 0.4) is 0 Å². The number of sulfonamides is 1. The molecule has 1 aliphatic heterocycles. The zero-order valence-corrected chi connectivity index (χ0v) is 12.8. The van der Waals surface area contributed by atoms with Crippen molar-refractivity contribution in [2.75, 3.05) is 12.3 Å². The Morgan fingerprint density at radius 2 is 2.26 bits per heavy atom. The summed E-state index contributed by atoms with van der Waals surface area (Å²) >= 11 is 7.75. The lowest BCUT2D eigenvalue weighted by Crippen LogP contribution is -2.30. The summed E-state index contributed by atoms with van der Waals surface area (Å²) in [6, 6.07) is 4.61. The van der Waals surface area contributed by atoms with Gasteiger partial charge in [0.2, 0.25) is 10.0 Å². The predicted octanol–water partition coefficient (Wildman–Crippen LogP) is 1.97. The van der Waals surface area contributed by atoms with Gasteiger partial charge in [0.1, 0.15) is 0 Å². The number of benzene rings is 1. The summed E-state index contributed by atoms with van der Waals surface area (Å²) in [6.45, 7) is 0.703. The van der Waals surface area contributed by atoms with E-state index in [2.05, 4.69) is 4.72 Å². The summed E-state index contributed by atoms with van der Waals surface area (Å²) in [6.07, 6.45) is 2.23. The molecule has 106 valence electrons.